The second kappa shape index (κ2) is 15.9. The smallest absolute Gasteiger partial charge is 0.136 e. The van der Waals surface area contributed by atoms with Gasteiger partial charge in [0.25, 0.3) is 0 Å². The largest absolute Gasteiger partial charge is 0.456 e. The molecule has 2 aromatic heterocycles. The van der Waals surface area contributed by atoms with E-state index in [-0.39, 0.29) is 0 Å². The second-order valence-electron chi connectivity index (χ2n) is 19.9. The Hall–Kier alpha value is -9.76. The van der Waals surface area contributed by atoms with E-state index in [1.165, 1.54) is 120 Å². The minimum absolute atomic E-state index is 0.909. The molecule has 14 aromatic carbocycles. The molecule has 0 saturated carbocycles. The Balaban J connectivity index is 0.898. The van der Waals surface area contributed by atoms with Crippen LogP contribution in [-0.4, -0.2) is 4.57 Å². The summed E-state index contributed by atoms with van der Waals surface area (Å²) in [7, 11) is 0. The van der Waals surface area contributed by atoms with Gasteiger partial charge in [0.1, 0.15) is 11.2 Å². The van der Waals surface area contributed by atoms with E-state index in [2.05, 4.69) is 253 Å². The topological polar surface area (TPSA) is 18.1 Å². The Morgan fingerprint density at radius 1 is 0.216 bits per heavy atom. The number of aromatic nitrogens is 1. The number of furan rings is 1. The number of hydrogen-bond acceptors (Lipinski definition) is 1. The third-order valence-corrected chi connectivity index (χ3v) is 15.9. The molecule has 0 amide bonds. The highest BCUT2D eigenvalue weighted by atomic mass is 16.3. The summed E-state index contributed by atoms with van der Waals surface area (Å²) in [6, 6.07) is 96.5. The number of nitrogens with zero attached hydrogens (tertiary/aromatic N) is 1. The molecule has 0 atom stereocenters. The fraction of sp³-hybridized carbons (Fsp3) is 0. The van der Waals surface area contributed by atoms with Crippen molar-refractivity contribution in [3.63, 3.8) is 0 Å². The van der Waals surface area contributed by atoms with E-state index in [1.807, 2.05) is 12.1 Å². The van der Waals surface area contributed by atoms with Gasteiger partial charge in [-0.25, -0.2) is 0 Å². The van der Waals surface area contributed by atoms with Crippen LogP contribution >= 0.6 is 0 Å². The number of benzene rings is 14. The Bertz CT molecular complexity index is 4960. The summed E-state index contributed by atoms with van der Waals surface area (Å²) >= 11 is 0. The fourth-order valence-corrected chi connectivity index (χ4v) is 12.5. The number of rotatable bonds is 5. The first-order valence-corrected chi connectivity index (χ1v) is 25.6. The molecule has 0 aliphatic carbocycles. The van der Waals surface area contributed by atoms with Crippen molar-refractivity contribution >= 4 is 108 Å². The second-order valence-corrected chi connectivity index (χ2v) is 19.9. The van der Waals surface area contributed by atoms with Crippen molar-refractivity contribution in [2.45, 2.75) is 0 Å². The van der Waals surface area contributed by atoms with Crippen LogP contribution in [0.2, 0.25) is 0 Å². The minimum Gasteiger partial charge on any atom is -0.456 e. The quantitative estimate of drug-likeness (QED) is 0.157. The van der Waals surface area contributed by atoms with Crippen molar-refractivity contribution in [3.05, 3.63) is 261 Å². The molecule has 0 saturated heterocycles. The van der Waals surface area contributed by atoms with Crippen molar-refractivity contribution < 1.29 is 4.42 Å². The Morgan fingerprint density at radius 2 is 0.635 bits per heavy atom. The summed E-state index contributed by atoms with van der Waals surface area (Å²) in [5.74, 6) is 0. The van der Waals surface area contributed by atoms with E-state index in [0.29, 0.717) is 0 Å². The molecule has 2 heteroatoms. The first-order chi connectivity index (χ1) is 36.7. The highest BCUT2D eigenvalue weighted by Crippen LogP contribution is 2.46. The third kappa shape index (κ3) is 6.12. The summed E-state index contributed by atoms with van der Waals surface area (Å²) in [6.07, 6.45) is 0. The third-order valence-electron chi connectivity index (χ3n) is 15.9. The molecular formula is C72H43NO. The molecule has 342 valence electrons. The zero-order valence-electron chi connectivity index (χ0n) is 40.2. The lowest BCUT2D eigenvalue weighted by Crippen LogP contribution is -1.95. The summed E-state index contributed by atoms with van der Waals surface area (Å²) in [5.41, 5.74) is 14.8. The Labute approximate surface area is 426 Å². The summed E-state index contributed by atoms with van der Waals surface area (Å²) in [5, 5.41) is 19.9. The molecule has 2 heterocycles. The molecule has 2 nitrogen and oxygen atoms in total. The molecule has 0 unspecified atom stereocenters. The molecule has 0 fully saturated rings. The molecule has 74 heavy (non-hydrogen) atoms. The molecule has 16 aromatic rings. The van der Waals surface area contributed by atoms with E-state index < -0.39 is 0 Å². The average Bonchev–Trinajstić information content (AvgIpc) is 4.02. The maximum atomic E-state index is 6.27. The van der Waals surface area contributed by atoms with Gasteiger partial charge in [0.05, 0.1) is 11.0 Å². The van der Waals surface area contributed by atoms with E-state index in [9.17, 15) is 0 Å². The SMILES string of the molecule is c1cc(-c2cc(-c3ccc4c5ccccc5c5ccc(-c6ccc(-c7ccc8c(c7)oc7ccccc78)cc6)cc5c4c3)c3c4ccccc4c4ccccc4c3c2)cc(-n2c3ccccc3c3ccccc32)c1. The highest BCUT2D eigenvalue weighted by molar-refractivity contribution is 6.30. The summed E-state index contributed by atoms with van der Waals surface area (Å²) in [4.78, 5) is 0. The molecule has 0 bridgehead atoms. The van der Waals surface area contributed by atoms with Crippen LogP contribution in [0.4, 0.5) is 0 Å². The van der Waals surface area contributed by atoms with Gasteiger partial charge in [0.15, 0.2) is 0 Å². The Morgan fingerprint density at radius 3 is 1.27 bits per heavy atom. The van der Waals surface area contributed by atoms with Crippen LogP contribution in [0.3, 0.4) is 0 Å². The lowest BCUT2D eigenvalue weighted by molar-refractivity contribution is 0.669. The van der Waals surface area contributed by atoms with Gasteiger partial charge in [-0.3, -0.25) is 0 Å². The summed E-state index contributed by atoms with van der Waals surface area (Å²) in [6.45, 7) is 0. The van der Waals surface area contributed by atoms with E-state index in [0.717, 1.165) is 38.8 Å². The van der Waals surface area contributed by atoms with Gasteiger partial charge in [0.2, 0.25) is 0 Å². The van der Waals surface area contributed by atoms with Crippen molar-refractivity contribution in [2.75, 3.05) is 0 Å². The van der Waals surface area contributed by atoms with Crippen molar-refractivity contribution in [3.8, 4) is 50.2 Å². The maximum absolute atomic E-state index is 6.27. The van der Waals surface area contributed by atoms with Crippen LogP contribution in [0.1, 0.15) is 0 Å². The minimum atomic E-state index is 0.909. The highest BCUT2D eigenvalue weighted by Gasteiger charge is 2.19. The Kier molecular flexibility index (Phi) is 8.78. The van der Waals surface area contributed by atoms with Crippen LogP contribution in [0.5, 0.6) is 0 Å². The van der Waals surface area contributed by atoms with Gasteiger partial charge >= 0.3 is 0 Å². The van der Waals surface area contributed by atoms with E-state index >= 15 is 0 Å². The molecule has 0 spiro atoms. The zero-order valence-corrected chi connectivity index (χ0v) is 40.2. The maximum Gasteiger partial charge on any atom is 0.136 e. The van der Waals surface area contributed by atoms with Gasteiger partial charge in [-0.05, 0) is 176 Å². The summed E-state index contributed by atoms with van der Waals surface area (Å²) < 4.78 is 8.69. The molecule has 0 aliphatic heterocycles. The first-order valence-electron chi connectivity index (χ1n) is 25.6. The number of para-hydroxylation sites is 3. The predicted octanol–water partition coefficient (Wildman–Crippen LogP) is 20.3. The van der Waals surface area contributed by atoms with Crippen molar-refractivity contribution in [2.24, 2.45) is 0 Å². The van der Waals surface area contributed by atoms with Crippen molar-refractivity contribution in [1.29, 1.82) is 0 Å². The molecule has 0 aliphatic rings. The van der Waals surface area contributed by atoms with Crippen LogP contribution in [-0.2, 0) is 0 Å². The first kappa shape index (κ1) is 40.9. The average molecular weight is 938 g/mol. The predicted molar refractivity (Wildman–Crippen MR) is 315 cm³/mol. The fourth-order valence-electron chi connectivity index (χ4n) is 12.5. The van der Waals surface area contributed by atoms with Gasteiger partial charge in [0, 0.05) is 27.2 Å². The zero-order chi connectivity index (χ0) is 48.4. The standard InChI is InChI=1S/C72H43NO/c1-2-17-53-52(16-1)57-35-32-47(44-28-30-45(31-29-44)48-33-37-62-61-23-9-12-27-70(61)74-71(62)43-48)39-65(57)66-40-49(34-36-58(53)66)64-41-50(42-67-56-20-4-3-18-54(56)55-19-5-6-24-63(55)72(64)67)46-14-13-15-51(38-46)73-68-25-10-7-21-59(68)60-22-8-11-26-69(60)73/h1-43H. The molecule has 0 radical (unpaired) electrons. The van der Waals surface area contributed by atoms with Crippen LogP contribution < -0.4 is 0 Å². The molecule has 16 rings (SSSR count). The van der Waals surface area contributed by atoms with Gasteiger partial charge in [-0.2, -0.15) is 0 Å². The molecule has 0 N–H and O–H groups in total. The van der Waals surface area contributed by atoms with Crippen molar-refractivity contribution in [1.82, 2.24) is 4.57 Å². The van der Waals surface area contributed by atoms with Gasteiger partial charge in [-0.1, -0.05) is 194 Å². The van der Waals surface area contributed by atoms with Gasteiger partial charge in [-0.15, -0.1) is 0 Å². The normalized spacial score (nSPS) is 12.1. The number of fused-ring (bicyclic) bond motifs is 18. The van der Waals surface area contributed by atoms with Crippen LogP contribution in [0, 0.1) is 0 Å². The van der Waals surface area contributed by atoms with Gasteiger partial charge < -0.3 is 8.98 Å². The van der Waals surface area contributed by atoms with E-state index in [4.69, 9.17) is 4.42 Å². The monoisotopic (exact) mass is 937 g/mol. The van der Waals surface area contributed by atoms with E-state index in [1.54, 1.807) is 0 Å². The van der Waals surface area contributed by atoms with Crippen LogP contribution in [0.25, 0.3) is 159 Å². The lowest BCUT2D eigenvalue weighted by Gasteiger charge is -2.18. The lowest BCUT2D eigenvalue weighted by atomic mass is 9.85. The molecular weight excluding hydrogens is 895 g/mol. The number of hydrogen-bond donors (Lipinski definition) is 0. The van der Waals surface area contributed by atoms with Crippen LogP contribution in [0.15, 0.2) is 265 Å².